The van der Waals surface area contributed by atoms with Crippen molar-refractivity contribution < 1.29 is 154 Å². The van der Waals surface area contributed by atoms with Gasteiger partial charge in [-0.1, -0.05) is 0 Å². The van der Waals surface area contributed by atoms with Crippen LogP contribution in [0.1, 0.15) is 13.8 Å². The molecule has 6 aliphatic rings. The summed E-state index contributed by atoms with van der Waals surface area (Å²) in [5.41, 5.74) is 0. The summed E-state index contributed by atoms with van der Waals surface area (Å²) >= 11 is 0. The van der Waals surface area contributed by atoms with E-state index in [2.05, 4.69) is 10.6 Å². The van der Waals surface area contributed by atoms with Gasteiger partial charge in [-0.3, -0.25) is 9.59 Å². The molecule has 0 saturated carbocycles. The van der Waals surface area contributed by atoms with Gasteiger partial charge >= 0.3 is 0 Å². The molecule has 0 radical (unpaired) electrons. The van der Waals surface area contributed by atoms with Gasteiger partial charge in [0.25, 0.3) is 0 Å². The third kappa shape index (κ3) is 12.9. The van der Waals surface area contributed by atoms with Crippen LogP contribution in [0.2, 0.25) is 0 Å². The molecule has 0 aromatic rings. The number of amides is 2. The quantitative estimate of drug-likeness (QED) is 0.0606. The lowest BCUT2D eigenvalue weighted by Gasteiger charge is -2.51. The van der Waals surface area contributed by atoms with E-state index in [0.29, 0.717) is 0 Å². The summed E-state index contributed by atoms with van der Waals surface area (Å²) in [4.78, 5) is 25.0. The fourth-order valence-corrected chi connectivity index (χ4v) is 9.32. The topological polar surface area (TPSA) is 524 Å². The van der Waals surface area contributed by atoms with Crippen LogP contribution in [-0.2, 0) is 61.7 Å². The molecule has 0 aromatic carbocycles. The summed E-state index contributed by atoms with van der Waals surface area (Å²) in [6.45, 7) is -3.79. The van der Waals surface area contributed by atoms with Crippen molar-refractivity contribution in [1.29, 1.82) is 0 Å². The molecule has 33 heteroatoms. The summed E-state index contributed by atoms with van der Waals surface area (Å²) in [7, 11) is 0. The van der Waals surface area contributed by atoms with Crippen molar-refractivity contribution in [3.8, 4) is 0 Å². The van der Waals surface area contributed by atoms with Gasteiger partial charge in [0.05, 0.1) is 39.6 Å². The first kappa shape index (κ1) is 60.0. The van der Waals surface area contributed by atoms with E-state index in [1.807, 2.05) is 0 Å². The monoisotopic (exact) mass is 1070 g/mol. The first-order valence-corrected chi connectivity index (χ1v) is 23.1. The van der Waals surface area contributed by atoms with Crippen LogP contribution in [0.5, 0.6) is 0 Å². The molecule has 2 amide bonds. The lowest BCUT2D eigenvalue weighted by molar-refractivity contribution is -0.386. The Labute approximate surface area is 413 Å². The second-order valence-electron chi connectivity index (χ2n) is 18.2. The summed E-state index contributed by atoms with van der Waals surface area (Å²) in [5, 5.41) is 196. The average Bonchev–Trinajstić information content (AvgIpc) is 3.36. The molecule has 20 N–H and O–H groups in total. The number of aliphatic hydroxyl groups is 18. The molecule has 6 fully saturated rings. The molecule has 6 rings (SSSR count). The second-order valence-corrected chi connectivity index (χ2v) is 18.2. The van der Waals surface area contributed by atoms with Crippen molar-refractivity contribution in [2.75, 3.05) is 39.6 Å². The number of aliphatic hydroxyl groups excluding tert-OH is 18. The highest BCUT2D eigenvalue weighted by Crippen LogP contribution is 2.37. The van der Waals surface area contributed by atoms with Crippen molar-refractivity contribution in [3.63, 3.8) is 0 Å². The summed E-state index contributed by atoms with van der Waals surface area (Å²) in [5.74, 6) is -1.69. The molecule has 424 valence electrons. The van der Waals surface area contributed by atoms with E-state index in [-0.39, 0.29) is 0 Å². The zero-order valence-corrected chi connectivity index (χ0v) is 38.9. The molecule has 0 bridgehead atoms. The highest BCUT2D eigenvalue weighted by atomic mass is 16.8. The minimum Gasteiger partial charge on any atom is -0.394 e. The number of ether oxygens (including phenoxy) is 11. The molecule has 6 heterocycles. The van der Waals surface area contributed by atoms with E-state index in [1.165, 1.54) is 0 Å². The molecular formula is C40H68N2O31. The van der Waals surface area contributed by atoms with Crippen LogP contribution in [0.15, 0.2) is 0 Å². The van der Waals surface area contributed by atoms with Gasteiger partial charge in [0.1, 0.15) is 146 Å². The molecule has 30 atom stereocenters. The molecule has 33 nitrogen and oxygen atoms in total. The van der Waals surface area contributed by atoms with Crippen molar-refractivity contribution in [2.45, 2.75) is 198 Å². The minimum atomic E-state index is -2.21. The Hall–Kier alpha value is -2.22. The van der Waals surface area contributed by atoms with E-state index in [4.69, 9.17) is 52.1 Å². The standard InChI is InChI=1S/C40H68N2O31/c1-9(49)41-17-22(54)30(69-38-27(59)24(56)19(51)11(3-43)64-38)15(7-47)67-36(17)72-33-20(52)12(4-44)65-39(28(33)60)70-31-16(8-48)68-37(18(23(31)55)42-10(2)50)73-34-21(53)13(5-45)66-40(29(34)61)71-32-14(6-46)63-35(62)26(58)25(32)57/h11-40,43-48,51-62H,3-8H2,1-2H3,(H,41,49)(H,42,50). The fourth-order valence-electron chi connectivity index (χ4n) is 9.32. The maximum atomic E-state index is 12.6. The molecular weight excluding hydrogens is 1000 g/mol. The van der Waals surface area contributed by atoms with Gasteiger partial charge in [0, 0.05) is 13.8 Å². The van der Waals surface area contributed by atoms with E-state index in [0.717, 1.165) is 13.8 Å². The smallest absolute Gasteiger partial charge is 0.217 e. The number of rotatable bonds is 18. The zero-order valence-electron chi connectivity index (χ0n) is 38.9. The van der Waals surface area contributed by atoms with Gasteiger partial charge in [-0.2, -0.15) is 0 Å². The summed E-state index contributed by atoms with van der Waals surface area (Å²) in [6, 6.07) is -3.53. The Balaban J connectivity index is 1.21. The average molecular weight is 1070 g/mol. The van der Waals surface area contributed by atoms with E-state index in [1.54, 1.807) is 0 Å². The Morgan fingerprint density at radius 3 is 0.986 bits per heavy atom. The summed E-state index contributed by atoms with van der Waals surface area (Å²) in [6.07, 6.45) is -52.9. The van der Waals surface area contributed by atoms with Gasteiger partial charge in [-0.25, -0.2) is 0 Å². The van der Waals surface area contributed by atoms with E-state index in [9.17, 15) is 102 Å². The Bertz CT molecular complexity index is 1750. The number of hydrogen-bond donors (Lipinski definition) is 20. The van der Waals surface area contributed by atoms with Gasteiger partial charge in [-0.15, -0.1) is 0 Å². The van der Waals surface area contributed by atoms with Crippen LogP contribution >= 0.6 is 0 Å². The third-order valence-corrected chi connectivity index (χ3v) is 13.2. The zero-order chi connectivity index (χ0) is 53.9. The van der Waals surface area contributed by atoms with Gasteiger partial charge in [-0.05, 0) is 0 Å². The van der Waals surface area contributed by atoms with Gasteiger partial charge in [0.2, 0.25) is 11.8 Å². The molecule has 6 saturated heterocycles. The maximum absolute atomic E-state index is 12.6. The SMILES string of the molecule is CC(=O)NC1C(OC2C(O)C(CO)OC(OC3C(CO)OC(OC4C(O)C(CO)OC(OC5C(CO)OC(O)C(O)C5O)C4O)C(NC(C)=O)C3O)C2O)OC(CO)C(OC2OC(CO)C(O)C(O)C2O)C1O. The molecule has 30 unspecified atom stereocenters. The van der Waals surface area contributed by atoms with E-state index >= 15 is 0 Å². The third-order valence-electron chi connectivity index (χ3n) is 13.2. The van der Waals surface area contributed by atoms with Crippen molar-refractivity contribution >= 4 is 11.8 Å². The maximum Gasteiger partial charge on any atom is 0.217 e. The van der Waals surface area contributed by atoms with Crippen LogP contribution in [0, 0.1) is 0 Å². The van der Waals surface area contributed by atoms with Crippen molar-refractivity contribution in [1.82, 2.24) is 10.6 Å². The van der Waals surface area contributed by atoms with E-state index < -0.39 is 236 Å². The predicted octanol–water partition coefficient (Wildman–Crippen LogP) is -13.8. The van der Waals surface area contributed by atoms with Gasteiger partial charge < -0.3 is 155 Å². The van der Waals surface area contributed by atoms with Crippen LogP contribution in [0.3, 0.4) is 0 Å². The highest BCUT2D eigenvalue weighted by molar-refractivity contribution is 5.73. The number of hydrogen-bond acceptors (Lipinski definition) is 31. The Morgan fingerprint density at radius 1 is 0.329 bits per heavy atom. The van der Waals surface area contributed by atoms with Crippen molar-refractivity contribution in [2.24, 2.45) is 0 Å². The first-order valence-electron chi connectivity index (χ1n) is 23.1. The molecule has 0 aliphatic carbocycles. The largest absolute Gasteiger partial charge is 0.394 e. The lowest BCUT2D eigenvalue weighted by atomic mass is 9.93. The van der Waals surface area contributed by atoms with Crippen LogP contribution < -0.4 is 10.6 Å². The number of carbonyl (C=O) groups is 2. The molecule has 0 spiro atoms. The minimum absolute atomic E-state index is 0.829. The molecule has 6 aliphatic heterocycles. The molecule has 73 heavy (non-hydrogen) atoms. The second kappa shape index (κ2) is 26.0. The Kier molecular flexibility index (Phi) is 21.3. The number of carbonyl (C=O) groups excluding carboxylic acids is 2. The van der Waals surface area contributed by atoms with Crippen LogP contribution in [0.4, 0.5) is 0 Å². The van der Waals surface area contributed by atoms with Crippen LogP contribution in [-0.4, -0.2) is 327 Å². The lowest BCUT2D eigenvalue weighted by Crippen LogP contribution is -2.70. The summed E-state index contributed by atoms with van der Waals surface area (Å²) < 4.78 is 62.4. The van der Waals surface area contributed by atoms with Crippen LogP contribution in [0.25, 0.3) is 0 Å². The number of nitrogens with one attached hydrogen (secondary N) is 2. The van der Waals surface area contributed by atoms with Gasteiger partial charge in [0.15, 0.2) is 37.7 Å². The van der Waals surface area contributed by atoms with Crippen molar-refractivity contribution in [3.05, 3.63) is 0 Å². The normalized spacial score (nSPS) is 49.8. The highest BCUT2D eigenvalue weighted by Gasteiger charge is 2.58. The first-order chi connectivity index (χ1) is 34.5. The Morgan fingerprint density at radius 2 is 0.630 bits per heavy atom. The predicted molar refractivity (Wildman–Crippen MR) is 222 cm³/mol. The fraction of sp³-hybridized carbons (Fsp3) is 0.950. The molecule has 0 aromatic heterocycles.